The van der Waals surface area contributed by atoms with E-state index in [2.05, 4.69) is 5.32 Å². The first-order chi connectivity index (χ1) is 5.75. The Bertz CT molecular complexity index is 153. The van der Waals surface area contributed by atoms with Crippen molar-refractivity contribution in [3.05, 3.63) is 0 Å². The Hall–Kier alpha value is -0.410. The minimum atomic E-state index is -0.782. The number of carbonyl (C=O) groups excluding carboxylic acids is 1. The molecule has 3 nitrogen and oxygen atoms in total. The SMILES string of the molecule is CCC(=O)C(O)C1CCCCN1. The predicted molar refractivity (Wildman–Crippen MR) is 46.9 cm³/mol. The van der Waals surface area contributed by atoms with Crippen molar-refractivity contribution in [1.82, 2.24) is 5.32 Å². The Kier molecular flexibility index (Phi) is 3.69. The summed E-state index contributed by atoms with van der Waals surface area (Å²) in [5, 5.41) is 12.7. The molecule has 0 radical (unpaired) electrons. The summed E-state index contributed by atoms with van der Waals surface area (Å²) in [5.41, 5.74) is 0. The smallest absolute Gasteiger partial charge is 0.162 e. The lowest BCUT2D eigenvalue weighted by Gasteiger charge is -2.26. The van der Waals surface area contributed by atoms with Crippen LogP contribution >= 0.6 is 0 Å². The molecule has 1 aliphatic rings. The van der Waals surface area contributed by atoms with Crippen molar-refractivity contribution < 1.29 is 9.90 Å². The zero-order valence-corrected chi connectivity index (χ0v) is 7.55. The number of piperidine rings is 1. The van der Waals surface area contributed by atoms with Crippen molar-refractivity contribution in [2.45, 2.75) is 44.8 Å². The number of Topliss-reactive ketones (excluding diaryl/α,β-unsaturated/α-hetero) is 1. The number of ketones is 1. The normalized spacial score (nSPS) is 26.7. The van der Waals surface area contributed by atoms with Crippen molar-refractivity contribution in [1.29, 1.82) is 0 Å². The van der Waals surface area contributed by atoms with Gasteiger partial charge in [0.1, 0.15) is 6.10 Å². The van der Waals surface area contributed by atoms with Gasteiger partial charge in [-0.1, -0.05) is 13.3 Å². The van der Waals surface area contributed by atoms with Gasteiger partial charge in [-0.2, -0.15) is 0 Å². The van der Waals surface area contributed by atoms with E-state index in [0.717, 1.165) is 25.8 Å². The third kappa shape index (κ3) is 2.29. The highest BCUT2D eigenvalue weighted by atomic mass is 16.3. The van der Waals surface area contributed by atoms with Gasteiger partial charge >= 0.3 is 0 Å². The van der Waals surface area contributed by atoms with Crippen LogP contribution in [0.1, 0.15) is 32.6 Å². The zero-order valence-electron chi connectivity index (χ0n) is 7.55. The lowest BCUT2D eigenvalue weighted by Crippen LogP contribution is -2.46. The molecule has 2 atom stereocenters. The van der Waals surface area contributed by atoms with Crippen molar-refractivity contribution in [2.24, 2.45) is 0 Å². The second kappa shape index (κ2) is 4.58. The Morgan fingerprint density at radius 2 is 2.42 bits per heavy atom. The maximum absolute atomic E-state index is 11.1. The first kappa shape index (κ1) is 9.68. The van der Waals surface area contributed by atoms with E-state index in [9.17, 15) is 9.90 Å². The predicted octanol–water partition coefficient (Wildman–Crippen LogP) is 0.468. The van der Waals surface area contributed by atoms with E-state index in [-0.39, 0.29) is 11.8 Å². The van der Waals surface area contributed by atoms with Gasteiger partial charge in [-0.3, -0.25) is 4.79 Å². The molecule has 12 heavy (non-hydrogen) atoms. The number of hydrogen-bond acceptors (Lipinski definition) is 3. The van der Waals surface area contributed by atoms with E-state index >= 15 is 0 Å². The quantitative estimate of drug-likeness (QED) is 0.649. The van der Waals surface area contributed by atoms with Crippen LogP contribution in [0.2, 0.25) is 0 Å². The zero-order chi connectivity index (χ0) is 8.97. The first-order valence-corrected chi connectivity index (χ1v) is 4.70. The second-order valence-corrected chi connectivity index (χ2v) is 3.32. The molecule has 0 bridgehead atoms. The van der Waals surface area contributed by atoms with Crippen molar-refractivity contribution in [3.8, 4) is 0 Å². The molecule has 0 aromatic carbocycles. The molecule has 0 amide bonds. The summed E-state index contributed by atoms with van der Waals surface area (Å²) in [6.07, 6.45) is 2.84. The number of aliphatic hydroxyl groups excluding tert-OH is 1. The van der Waals surface area contributed by atoms with Gasteiger partial charge in [0.2, 0.25) is 0 Å². The van der Waals surface area contributed by atoms with Crippen LogP contribution in [0.4, 0.5) is 0 Å². The van der Waals surface area contributed by atoms with Gasteiger partial charge in [0.25, 0.3) is 0 Å². The molecule has 2 unspecified atom stereocenters. The van der Waals surface area contributed by atoms with Gasteiger partial charge in [-0.25, -0.2) is 0 Å². The molecule has 70 valence electrons. The molecule has 0 aromatic heterocycles. The molecule has 0 saturated carbocycles. The molecular formula is C9H17NO2. The Morgan fingerprint density at radius 1 is 1.67 bits per heavy atom. The van der Waals surface area contributed by atoms with Crippen LogP contribution in [0.25, 0.3) is 0 Å². The first-order valence-electron chi connectivity index (χ1n) is 4.70. The standard InChI is InChI=1S/C9H17NO2/c1-2-8(11)9(12)7-5-3-4-6-10-7/h7,9-10,12H,2-6H2,1H3. The van der Waals surface area contributed by atoms with Gasteiger partial charge in [-0.05, 0) is 19.4 Å². The maximum atomic E-state index is 11.1. The monoisotopic (exact) mass is 171 g/mol. The minimum absolute atomic E-state index is 0.00574. The fraction of sp³-hybridized carbons (Fsp3) is 0.889. The van der Waals surface area contributed by atoms with Crippen LogP contribution < -0.4 is 5.32 Å². The molecule has 0 aromatic rings. The van der Waals surface area contributed by atoms with Gasteiger partial charge < -0.3 is 10.4 Å². The molecule has 1 heterocycles. The molecule has 1 rings (SSSR count). The number of hydrogen-bond donors (Lipinski definition) is 2. The molecular weight excluding hydrogens is 154 g/mol. The highest BCUT2D eigenvalue weighted by Crippen LogP contribution is 2.11. The van der Waals surface area contributed by atoms with Crippen molar-refractivity contribution in [2.75, 3.05) is 6.54 Å². The highest BCUT2D eigenvalue weighted by Gasteiger charge is 2.25. The van der Waals surface area contributed by atoms with Crippen LogP contribution in [0.3, 0.4) is 0 Å². The largest absolute Gasteiger partial charge is 0.384 e. The summed E-state index contributed by atoms with van der Waals surface area (Å²) in [4.78, 5) is 11.1. The lowest BCUT2D eigenvalue weighted by molar-refractivity contribution is -0.128. The average molecular weight is 171 g/mol. The molecule has 1 aliphatic heterocycles. The summed E-state index contributed by atoms with van der Waals surface area (Å²) in [6, 6.07) is 0.00574. The second-order valence-electron chi connectivity index (χ2n) is 3.32. The number of rotatable bonds is 3. The van der Waals surface area contributed by atoms with Gasteiger partial charge in [0, 0.05) is 12.5 Å². The molecule has 1 fully saturated rings. The van der Waals surface area contributed by atoms with E-state index < -0.39 is 6.10 Å². The molecule has 0 aliphatic carbocycles. The third-order valence-electron chi connectivity index (χ3n) is 2.41. The average Bonchev–Trinajstić information content (AvgIpc) is 2.17. The summed E-state index contributed by atoms with van der Waals surface area (Å²) < 4.78 is 0. The summed E-state index contributed by atoms with van der Waals surface area (Å²) in [7, 11) is 0. The molecule has 3 heteroatoms. The highest BCUT2D eigenvalue weighted by molar-refractivity contribution is 5.83. The maximum Gasteiger partial charge on any atom is 0.162 e. The molecule has 0 spiro atoms. The summed E-state index contributed by atoms with van der Waals surface area (Å²) in [6.45, 7) is 2.72. The lowest BCUT2D eigenvalue weighted by atomic mass is 9.96. The van der Waals surface area contributed by atoms with Gasteiger partial charge in [0.05, 0.1) is 0 Å². The minimum Gasteiger partial charge on any atom is -0.384 e. The van der Waals surface area contributed by atoms with E-state index in [1.807, 2.05) is 0 Å². The van der Waals surface area contributed by atoms with Crippen LogP contribution in [0, 0.1) is 0 Å². The third-order valence-corrected chi connectivity index (χ3v) is 2.41. The van der Waals surface area contributed by atoms with Crippen LogP contribution in [0.5, 0.6) is 0 Å². The molecule has 1 saturated heterocycles. The van der Waals surface area contributed by atoms with Gasteiger partial charge in [-0.15, -0.1) is 0 Å². The van der Waals surface area contributed by atoms with Crippen molar-refractivity contribution in [3.63, 3.8) is 0 Å². The van der Waals surface area contributed by atoms with E-state index in [4.69, 9.17) is 0 Å². The van der Waals surface area contributed by atoms with Crippen LogP contribution in [0.15, 0.2) is 0 Å². The van der Waals surface area contributed by atoms with E-state index in [0.29, 0.717) is 6.42 Å². The number of nitrogens with one attached hydrogen (secondary N) is 1. The van der Waals surface area contributed by atoms with E-state index in [1.54, 1.807) is 6.92 Å². The summed E-state index contributed by atoms with van der Waals surface area (Å²) >= 11 is 0. The van der Waals surface area contributed by atoms with Gasteiger partial charge in [0.15, 0.2) is 5.78 Å². The van der Waals surface area contributed by atoms with E-state index in [1.165, 1.54) is 0 Å². The van der Waals surface area contributed by atoms with Crippen molar-refractivity contribution >= 4 is 5.78 Å². The Balaban J connectivity index is 2.39. The fourth-order valence-corrected chi connectivity index (χ4v) is 1.58. The number of carbonyl (C=O) groups is 1. The van der Waals surface area contributed by atoms with Crippen LogP contribution in [-0.4, -0.2) is 29.6 Å². The summed E-state index contributed by atoms with van der Waals surface area (Å²) in [5.74, 6) is -0.0469. The Morgan fingerprint density at radius 3 is 2.92 bits per heavy atom. The Labute approximate surface area is 73.2 Å². The van der Waals surface area contributed by atoms with Crippen LogP contribution in [-0.2, 0) is 4.79 Å². The molecule has 2 N–H and O–H groups in total. The topological polar surface area (TPSA) is 49.3 Å². The number of aliphatic hydroxyl groups is 1. The fourth-order valence-electron chi connectivity index (χ4n) is 1.58.